The predicted octanol–water partition coefficient (Wildman–Crippen LogP) is 3.30. The first kappa shape index (κ1) is 14.8. The quantitative estimate of drug-likeness (QED) is 0.531. The summed E-state index contributed by atoms with van der Waals surface area (Å²) in [6.45, 7) is 0. The van der Waals surface area contributed by atoms with E-state index >= 15 is 0 Å². The summed E-state index contributed by atoms with van der Waals surface area (Å²) in [7, 11) is 1.58. The van der Waals surface area contributed by atoms with Crippen molar-refractivity contribution in [3.05, 3.63) is 59.1 Å². The third-order valence-corrected chi connectivity index (χ3v) is 4.46. The van der Waals surface area contributed by atoms with Crippen LogP contribution in [0.2, 0.25) is 0 Å². The smallest absolute Gasteiger partial charge is 0.261 e. The molecule has 0 N–H and O–H groups in total. The van der Waals surface area contributed by atoms with E-state index in [2.05, 4.69) is 9.97 Å². The Kier molecular flexibility index (Phi) is 3.70. The first-order valence-electron chi connectivity index (χ1n) is 7.26. The van der Waals surface area contributed by atoms with Crippen molar-refractivity contribution in [1.82, 2.24) is 14.5 Å². The number of para-hydroxylation sites is 2. The maximum Gasteiger partial charge on any atom is 0.261 e. The van der Waals surface area contributed by atoms with Crippen molar-refractivity contribution < 1.29 is 9.15 Å². The number of rotatable bonds is 4. The van der Waals surface area contributed by atoms with Crippen LogP contribution in [0, 0.1) is 0 Å². The van der Waals surface area contributed by atoms with Gasteiger partial charge in [-0.25, -0.2) is 9.97 Å². The van der Waals surface area contributed by atoms with Crippen LogP contribution in [0.4, 0.5) is 0 Å². The molecule has 0 unspecified atom stereocenters. The maximum absolute atomic E-state index is 12.5. The minimum Gasteiger partial charge on any atom is -0.497 e. The van der Waals surface area contributed by atoms with Gasteiger partial charge < -0.3 is 9.15 Å². The van der Waals surface area contributed by atoms with Crippen molar-refractivity contribution in [2.24, 2.45) is 0 Å². The summed E-state index contributed by atoms with van der Waals surface area (Å²) in [5.74, 6) is 1.05. The molecule has 0 atom stereocenters. The third-order valence-electron chi connectivity index (χ3n) is 3.63. The molecular formula is C17H13N3O3S. The van der Waals surface area contributed by atoms with Crippen LogP contribution in [0.1, 0.15) is 0 Å². The van der Waals surface area contributed by atoms with E-state index < -0.39 is 0 Å². The molecule has 2 aromatic heterocycles. The Morgan fingerprint density at radius 1 is 1.21 bits per heavy atom. The Morgan fingerprint density at radius 3 is 2.92 bits per heavy atom. The zero-order valence-electron chi connectivity index (χ0n) is 12.8. The van der Waals surface area contributed by atoms with Crippen LogP contribution >= 0.6 is 11.8 Å². The van der Waals surface area contributed by atoms with Crippen molar-refractivity contribution in [1.29, 1.82) is 0 Å². The van der Waals surface area contributed by atoms with Gasteiger partial charge in [0.25, 0.3) is 10.8 Å². The Hall–Kier alpha value is -2.80. The molecule has 2 heterocycles. The van der Waals surface area contributed by atoms with E-state index in [4.69, 9.17) is 9.15 Å². The third kappa shape index (κ3) is 2.63. The van der Waals surface area contributed by atoms with Crippen LogP contribution in [-0.2, 0) is 5.88 Å². The van der Waals surface area contributed by atoms with Crippen LogP contribution in [0.25, 0.3) is 22.0 Å². The van der Waals surface area contributed by atoms with E-state index in [-0.39, 0.29) is 5.56 Å². The van der Waals surface area contributed by atoms with E-state index in [1.165, 1.54) is 22.7 Å². The van der Waals surface area contributed by atoms with Crippen molar-refractivity contribution in [3.63, 3.8) is 0 Å². The lowest BCUT2D eigenvalue weighted by Gasteiger charge is -2.06. The van der Waals surface area contributed by atoms with Gasteiger partial charge in [-0.3, -0.25) is 9.36 Å². The minimum atomic E-state index is -0.105. The molecule has 6 nitrogen and oxygen atoms in total. The molecular weight excluding hydrogens is 326 g/mol. The second-order valence-electron chi connectivity index (χ2n) is 5.12. The molecule has 0 amide bonds. The molecule has 0 aliphatic heterocycles. The van der Waals surface area contributed by atoms with Gasteiger partial charge in [0.05, 0.1) is 30.2 Å². The van der Waals surface area contributed by atoms with Crippen molar-refractivity contribution >= 4 is 33.8 Å². The van der Waals surface area contributed by atoms with Gasteiger partial charge in [0.15, 0.2) is 5.58 Å². The highest BCUT2D eigenvalue weighted by atomic mass is 32.2. The van der Waals surface area contributed by atoms with E-state index in [0.717, 1.165) is 11.1 Å². The Morgan fingerprint density at radius 2 is 2.08 bits per heavy atom. The molecule has 24 heavy (non-hydrogen) atoms. The predicted molar refractivity (Wildman–Crippen MR) is 92.4 cm³/mol. The molecule has 4 rings (SSSR count). The molecule has 2 aromatic carbocycles. The van der Waals surface area contributed by atoms with Crippen molar-refractivity contribution in [2.45, 2.75) is 11.1 Å². The summed E-state index contributed by atoms with van der Waals surface area (Å²) in [5, 5.41) is 1.08. The lowest BCUT2D eigenvalue weighted by atomic mass is 10.2. The fourth-order valence-electron chi connectivity index (χ4n) is 2.39. The van der Waals surface area contributed by atoms with Gasteiger partial charge in [-0.05, 0) is 36.0 Å². The molecule has 0 radical (unpaired) electrons. The number of hydrogen-bond acceptors (Lipinski definition) is 6. The number of aromatic nitrogens is 3. The summed E-state index contributed by atoms with van der Waals surface area (Å²) in [6.07, 6.45) is 1.53. The van der Waals surface area contributed by atoms with Gasteiger partial charge in [0.1, 0.15) is 11.3 Å². The molecule has 0 saturated heterocycles. The molecule has 120 valence electrons. The van der Waals surface area contributed by atoms with E-state index in [0.29, 0.717) is 27.8 Å². The molecule has 0 spiro atoms. The largest absolute Gasteiger partial charge is 0.497 e. The number of fused-ring (bicyclic) bond motifs is 2. The Balaban J connectivity index is 1.62. The number of benzene rings is 2. The Labute approximate surface area is 141 Å². The van der Waals surface area contributed by atoms with Crippen LogP contribution in [0.3, 0.4) is 0 Å². The second kappa shape index (κ2) is 6.01. The number of oxazole rings is 1. The summed E-state index contributed by atoms with van der Waals surface area (Å²) in [4.78, 5) is 21.2. The van der Waals surface area contributed by atoms with Gasteiger partial charge in [0.2, 0.25) is 0 Å². The summed E-state index contributed by atoms with van der Waals surface area (Å²) in [6, 6.07) is 12.8. The van der Waals surface area contributed by atoms with Crippen molar-refractivity contribution in [3.8, 4) is 5.75 Å². The Bertz CT molecular complexity index is 1050. The lowest BCUT2D eigenvalue weighted by molar-refractivity contribution is 0.415. The monoisotopic (exact) mass is 339 g/mol. The summed E-state index contributed by atoms with van der Waals surface area (Å²) < 4.78 is 12.3. The van der Waals surface area contributed by atoms with Gasteiger partial charge in [-0.15, -0.1) is 0 Å². The van der Waals surface area contributed by atoms with Crippen LogP contribution in [0.15, 0.2) is 63.2 Å². The standard InChI is InChI=1S/C17H13N3O3S/c1-22-11-6-7-12-14(8-11)18-9-20(16(12)21)10-24-17-19-13-4-2-3-5-15(13)23-17/h2-9H,10H2,1H3. The van der Waals surface area contributed by atoms with Gasteiger partial charge in [-0.1, -0.05) is 12.1 Å². The SMILES string of the molecule is COc1ccc2c(=O)n(CSc3nc4ccccc4o3)cnc2c1. The fraction of sp³-hybridized carbons (Fsp3) is 0.118. The molecule has 7 heteroatoms. The average Bonchev–Trinajstić information content (AvgIpc) is 3.03. The molecule has 0 aliphatic carbocycles. The minimum absolute atomic E-state index is 0.105. The van der Waals surface area contributed by atoms with Gasteiger partial charge in [0, 0.05) is 6.07 Å². The zero-order valence-corrected chi connectivity index (χ0v) is 13.6. The first-order valence-corrected chi connectivity index (χ1v) is 8.25. The molecule has 0 bridgehead atoms. The molecule has 0 saturated carbocycles. The molecule has 0 aliphatic rings. The topological polar surface area (TPSA) is 70.2 Å². The van der Waals surface area contributed by atoms with E-state index in [1.807, 2.05) is 24.3 Å². The number of thioether (sulfide) groups is 1. The number of ether oxygens (including phenoxy) is 1. The average molecular weight is 339 g/mol. The van der Waals surface area contributed by atoms with E-state index in [9.17, 15) is 4.79 Å². The van der Waals surface area contributed by atoms with Crippen LogP contribution in [-0.4, -0.2) is 21.6 Å². The van der Waals surface area contributed by atoms with E-state index in [1.54, 1.807) is 25.3 Å². The highest BCUT2D eigenvalue weighted by Crippen LogP contribution is 2.24. The number of hydrogen-bond donors (Lipinski definition) is 0. The van der Waals surface area contributed by atoms with Crippen LogP contribution in [0.5, 0.6) is 5.75 Å². The lowest BCUT2D eigenvalue weighted by Crippen LogP contribution is -2.19. The zero-order chi connectivity index (χ0) is 16.5. The van der Waals surface area contributed by atoms with Gasteiger partial charge in [-0.2, -0.15) is 0 Å². The highest BCUT2D eigenvalue weighted by molar-refractivity contribution is 7.98. The molecule has 0 fully saturated rings. The number of nitrogens with zero attached hydrogens (tertiary/aromatic N) is 3. The van der Waals surface area contributed by atoms with Crippen molar-refractivity contribution in [2.75, 3.05) is 7.11 Å². The first-order chi connectivity index (χ1) is 11.7. The van der Waals surface area contributed by atoms with Crippen LogP contribution < -0.4 is 10.3 Å². The number of methoxy groups -OCH3 is 1. The van der Waals surface area contributed by atoms with Gasteiger partial charge >= 0.3 is 0 Å². The highest BCUT2D eigenvalue weighted by Gasteiger charge is 2.09. The maximum atomic E-state index is 12.5. The fourth-order valence-corrected chi connectivity index (χ4v) is 3.14. The normalized spacial score (nSPS) is 11.2. The summed E-state index contributed by atoms with van der Waals surface area (Å²) >= 11 is 1.35. The summed E-state index contributed by atoms with van der Waals surface area (Å²) in [5.41, 5.74) is 2.04. The second-order valence-corrected chi connectivity index (χ2v) is 6.02. The molecule has 4 aromatic rings.